The highest BCUT2D eigenvalue weighted by Gasteiger charge is 1.98. The fraction of sp³-hybridized carbons (Fsp3) is 0.438. The highest BCUT2D eigenvalue weighted by Crippen LogP contribution is 2.13. The van der Waals surface area contributed by atoms with Crippen LogP contribution in [0.4, 0.5) is 0 Å². The highest BCUT2D eigenvalue weighted by atomic mass is 16.5. The van der Waals surface area contributed by atoms with Crippen molar-refractivity contribution in [2.24, 2.45) is 0 Å². The van der Waals surface area contributed by atoms with Crippen LogP contribution in [0.2, 0.25) is 0 Å². The van der Waals surface area contributed by atoms with Gasteiger partial charge < -0.3 is 14.6 Å². The molecule has 4 nitrogen and oxygen atoms in total. The third-order valence-corrected chi connectivity index (χ3v) is 3.06. The van der Waals surface area contributed by atoms with Gasteiger partial charge in [0.1, 0.15) is 11.5 Å². The molecule has 2 aromatic rings. The van der Waals surface area contributed by atoms with Gasteiger partial charge in [0.05, 0.1) is 19.3 Å². The number of aromatic nitrogens is 1. The minimum absolute atomic E-state index is 0.690. The van der Waals surface area contributed by atoms with Gasteiger partial charge in [-0.1, -0.05) is 37.1 Å². The lowest BCUT2D eigenvalue weighted by molar-refractivity contribution is 0.306. The molecule has 1 heterocycles. The first-order chi connectivity index (χ1) is 9.88. The van der Waals surface area contributed by atoms with Crippen molar-refractivity contribution in [2.45, 2.75) is 39.3 Å². The summed E-state index contributed by atoms with van der Waals surface area (Å²) in [6.07, 6.45) is 5.22. The third-order valence-electron chi connectivity index (χ3n) is 3.06. The second kappa shape index (κ2) is 8.38. The van der Waals surface area contributed by atoms with Gasteiger partial charge in [0.2, 0.25) is 0 Å². The van der Waals surface area contributed by atoms with Crippen molar-refractivity contribution in [2.75, 3.05) is 6.61 Å². The zero-order valence-electron chi connectivity index (χ0n) is 12.0. The Bertz CT molecular complexity index is 466. The molecule has 0 aliphatic rings. The van der Waals surface area contributed by atoms with E-state index in [4.69, 9.17) is 9.26 Å². The van der Waals surface area contributed by atoms with Crippen LogP contribution in [0.5, 0.6) is 5.75 Å². The van der Waals surface area contributed by atoms with Gasteiger partial charge in [0.25, 0.3) is 0 Å². The molecule has 0 bridgehead atoms. The number of nitrogens with one attached hydrogen (secondary N) is 1. The van der Waals surface area contributed by atoms with Crippen LogP contribution in [0.25, 0.3) is 0 Å². The second-order valence-electron chi connectivity index (χ2n) is 4.78. The molecule has 0 unspecified atom stereocenters. The van der Waals surface area contributed by atoms with E-state index in [0.717, 1.165) is 31.1 Å². The van der Waals surface area contributed by atoms with Gasteiger partial charge in [-0.3, -0.25) is 0 Å². The Morgan fingerprint density at radius 3 is 2.65 bits per heavy atom. The molecule has 1 aromatic heterocycles. The van der Waals surface area contributed by atoms with Crippen LogP contribution in [-0.4, -0.2) is 11.8 Å². The van der Waals surface area contributed by atoms with Gasteiger partial charge in [0.15, 0.2) is 0 Å². The summed E-state index contributed by atoms with van der Waals surface area (Å²) in [7, 11) is 0. The Labute approximate surface area is 120 Å². The summed E-state index contributed by atoms with van der Waals surface area (Å²) in [4.78, 5) is 0. The third kappa shape index (κ3) is 5.05. The van der Waals surface area contributed by atoms with E-state index in [1.54, 1.807) is 6.20 Å². The lowest BCUT2D eigenvalue weighted by Crippen LogP contribution is -2.12. The van der Waals surface area contributed by atoms with E-state index in [1.165, 1.54) is 18.4 Å². The molecule has 1 aromatic carbocycles. The standard InChI is InChI=1S/C16H22N2O2/c1-2-3-4-11-19-15-7-5-14(6-8-15)12-17-13-16-9-10-18-20-16/h5-10,17H,2-4,11-13H2,1H3. The van der Waals surface area contributed by atoms with Gasteiger partial charge in [-0.2, -0.15) is 0 Å². The van der Waals surface area contributed by atoms with Gasteiger partial charge in [-0.25, -0.2) is 0 Å². The molecule has 0 aliphatic carbocycles. The molecule has 0 radical (unpaired) electrons. The largest absolute Gasteiger partial charge is 0.494 e. The second-order valence-corrected chi connectivity index (χ2v) is 4.78. The van der Waals surface area contributed by atoms with E-state index in [0.29, 0.717) is 6.54 Å². The van der Waals surface area contributed by atoms with Gasteiger partial charge >= 0.3 is 0 Å². The number of nitrogens with zero attached hydrogens (tertiary/aromatic N) is 1. The number of hydrogen-bond acceptors (Lipinski definition) is 4. The van der Waals surface area contributed by atoms with E-state index >= 15 is 0 Å². The smallest absolute Gasteiger partial charge is 0.150 e. The predicted octanol–water partition coefficient (Wildman–Crippen LogP) is 3.53. The molecule has 0 aliphatic heterocycles. The van der Waals surface area contributed by atoms with Crippen LogP contribution in [0.3, 0.4) is 0 Å². The first-order valence-corrected chi connectivity index (χ1v) is 7.20. The van der Waals surface area contributed by atoms with Crippen molar-refractivity contribution in [1.82, 2.24) is 10.5 Å². The van der Waals surface area contributed by atoms with Gasteiger partial charge in [-0.05, 0) is 24.1 Å². The van der Waals surface area contributed by atoms with E-state index in [2.05, 4.69) is 29.5 Å². The molecule has 108 valence electrons. The minimum atomic E-state index is 0.690. The molecule has 0 amide bonds. The van der Waals surface area contributed by atoms with E-state index in [-0.39, 0.29) is 0 Å². The van der Waals surface area contributed by atoms with Crippen molar-refractivity contribution in [3.05, 3.63) is 47.9 Å². The van der Waals surface area contributed by atoms with Crippen LogP contribution in [0.15, 0.2) is 41.1 Å². The average Bonchev–Trinajstić information content (AvgIpc) is 2.98. The van der Waals surface area contributed by atoms with Crippen LogP contribution in [0.1, 0.15) is 37.5 Å². The summed E-state index contributed by atoms with van der Waals surface area (Å²) in [6.45, 7) is 4.49. The maximum atomic E-state index is 5.68. The maximum absolute atomic E-state index is 5.68. The van der Waals surface area contributed by atoms with Crippen molar-refractivity contribution in [3.8, 4) is 5.75 Å². The zero-order valence-corrected chi connectivity index (χ0v) is 12.0. The average molecular weight is 274 g/mol. The molecular formula is C16H22N2O2. The van der Waals surface area contributed by atoms with E-state index in [9.17, 15) is 0 Å². The summed E-state index contributed by atoms with van der Waals surface area (Å²) in [6, 6.07) is 10.1. The predicted molar refractivity (Wildman–Crippen MR) is 78.5 cm³/mol. The van der Waals surface area contributed by atoms with Crippen molar-refractivity contribution >= 4 is 0 Å². The first kappa shape index (κ1) is 14.6. The van der Waals surface area contributed by atoms with Crippen molar-refractivity contribution in [1.29, 1.82) is 0 Å². The summed E-state index contributed by atoms with van der Waals surface area (Å²) in [5, 5.41) is 6.98. The van der Waals surface area contributed by atoms with Crippen molar-refractivity contribution in [3.63, 3.8) is 0 Å². The minimum Gasteiger partial charge on any atom is -0.494 e. The molecule has 1 N–H and O–H groups in total. The Kier molecular flexibility index (Phi) is 6.11. The molecule has 0 saturated carbocycles. The molecule has 0 saturated heterocycles. The summed E-state index contributed by atoms with van der Waals surface area (Å²) < 4.78 is 10.7. The van der Waals surface area contributed by atoms with E-state index < -0.39 is 0 Å². The fourth-order valence-corrected chi connectivity index (χ4v) is 1.91. The molecule has 4 heteroatoms. The molecule has 20 heavy (non-hydrogen) atoms. The van der Waals surface area contributed by atoms with Gasteiger partial charge in [-0.15, -0.1) is 0 Å². The normalized spacial score (nSPS) is 10.7. The Balaban J connectivity index is 1.68. The first-order valence-electron chi connectivity index (χ1n) is 7.20. The van der Waals surface area contributed by atoms with Crippen LogP contribution < -0.4 is 10.1 Å². The SMILES string of the molecule is CCCCCOc1ccc(CNCc2ccno2)cc1. The summed E-state index contributed by atoms with van der Waals surface area (Å²) >= 11 is 0. The Morgan fingerprint density at radius 1 is 1.10 bits per heavy atom. The summed E-state index contributed by atoms with van der Waals surface area (Å²) in [5.74, 6) is 1.79. The molecule has 0 spiro atoms. The molecular weight excluding hydrogens is 252 g/mol. The number of benzene rings is 1. The number of unbranched alkanes of at least 4 members (excludes halogenated alkanes) is 2. The summed E-state index contributed by atoms with van der Waals surface area (Å²) in [5.41, 5.74) is 1.23. The van der Waals surface area contributed by atoms with E-state index in [1.807, 2.05) is 18.2 Å². The Hall–Kier alpha value is -1.81. The number of rotatable bonds is 9. The lowest BCUT2D eigenvalue weighted by Gasteiger charge is -2.07. The number of hydrogen-bond donors (Lipinski definition) is 1. The molecule has 0 atom stereocenters. The molecule has 2 rings (SSSR count). The van der Waals surface area contributed by atoms with Crippen LogP contribution >= 0.6 is 0 Å². The molecule has 0 fully saturated rings. The van der Waals surface area contributed by atoms with Gasteiger partial charge in [0, 0.05) is 12.6 Å². The zero-order chi connectivity index (χ0) is 14.0. The van der Waals surface area contributed by atoms with Crippen LogP contribution in [0, 0.1) is 0 Å². The maximum Gasteiger partial charge on any atom is 0.150 e. The monoisotopic (exact) mass is 274 g/mol. The topological polar surface area (TPSA) is 47.3 Å². The Morgan fingerprint density at radius 2 is 1.95 bits per heavy atom. The lowest BCUT2D eigenvalue weighted by atomic mass is 10.2. The van der Waals surface area contributed by atoms with Crippen LogP contribution in [-0.2, 0) is 13.1 Å². The van der Waals surface area contributed by atoms with Crippen molar-refractivity contribution < 1.29 is 9.26 Å². The highest BCUT2D eigenvalue weighted by molar-refractivity contribution is 5.27. The quantitative estimate of drug-likeness (QED) is 0.711. The number of ether oxygens (including phenoxy) is 1. The fourth-order valence-electron chi connectivity index (χ4n) is 1.91.